The van der Waals surface area contributed by atoms with Crippen molar-refractivity contribution in [1.82, 2.24) is 20.2 Å². The molecule has 0 aliphatic carbocycles. The molecule has 7 nitrogen and oxygen atoms in total. The van der Waals surface area contributed by atoms with Gasteiger partial charge in [0.05, 0.1) is 18.0 Å². The highest BCUT2D eigenvalue weighted by molar-refractivity contribution is 8.00. The van der Waals surface area contributed by atoms with Crippen molar-refractivity contribution in [3.8, 4) is 17.2 Å². The van der Waals surface area contributed by atoms with Gasteiger partial charge in [-0.05, 0) is 65.9 Å². The summed E-state index contributed by atoms with van der Waals surface area (Å²) in [5, 5.41) is 11.6. The van der Waals surface area contributed by atoms with Crippen molar-refractivity contribution in [3.63, 3.8) is 0 Å². The third-order valence-corrected chi connectivity index (χ3v) is 4.81. The van der Waals surface area contributed by atoms with E-state index in [9.17, 15) is 13.6 Å². The van der Waals surface area contributed by atoms with Gasteiger partial charge in [-0.15, -0.1) is 5.10 Å². The molecule has 0 spiro atoms. The molecule has 2 aromatic carbocycles. The van der Waals surface area contributed by atoms with E-state index in [1.807, 2.05) is 0 Å². The number of rotatable bonds is 8. The van der Waals surface area contributed by atoms with Gasteiger partial charge in [0.15, 0.2) is 5.78 Å². The first-order chi connectivity index (χ1) is 13.5. The van der Waals surface area contributed by atoms with Crippen LogP contribution in [0.15, 0.2) is 53.7 Å². The number of ketones is 1. The molecule has 0 radical (unpaired) electrons. The fourth-order valence-corrected chi connectivity index (χ4v) is 3.27. The maximum absolute atomic E-state index is 12.6. The summed E-state index contributed by atoms with van der Waals surface area (Å²) in [7, 11) is 1.58. The maximum atomic E-state index is 12.6. The van der Waals surface area contributed by atoms with E-state index in [0.717, 1.165) is 5.69 Å². The number of carbonyl (C=O) groups excluding carboxylic acids is 1. The molecule has 3 aromatic rings. The van der Waals surface area contributed by atoms with E-state index < -0.39 is 11.9 Å². The predicted octanol–water partition coefficient (Wildman–Crippen LogP) is 3.64. The number of benzene rings is 2. The average Bonchev–Trinajstić information content (AvgIpc) is 3.15. The Morgan fingerprint density at radius 3 is 2.32 bits per heavy atom. The van der Waals surface area contributed by atoms with Gasteiger partial charge in [0.2, 0.25) is 5.16 Å². The fraction of sp³-hybridized carbons (Fsp3) is 0.222. The second kappa shape index (κ2) is 8.79. The molecule has 0 saturated carbocycles. The van der Waals surface area contributed by atoms with Crippen LogP contribution in [-0.4, -0.2) is 45.0 Å². The van der Waals surface area contributed by atoms with Gasteiger partial charge in [-0.2, -0.15) is 13.5 Å². The number of nitrogens with zero attached hydrogens (tertiary/aromatic N) is 4. The smallest absolute Gasteiger partial charge is 0.387 e. The number of aromatic nitrogens is 4. The third-order valence-electron chi connectivity index (χ3n) is 3.77. The van der Waals surface area contributed by atoms with E-state index >= 15 is 0 Å². The van der Waals surface area contributed by atoms with Crippen molar-refractivity contribution < 1.29 is 23.0 Å². The normalized spacial score (nSPS) is 12.0. The molecule has 10 heteroatoms. The molecule has 0 aliphatic rings. The van der Waals surface area contributed by atoms with Crippen LogP contribution in [0.4, 0.5) is 8.78 Å². The molecule has 0 saturated heterocycles. The summed E-state index contributed by atoms with van der Waals surface area (Å²) in [6, 6.07) is 12.7. The number of methoxy groups -OCH3 is 1. The monoisotopic (exact) mass is 406 g/mol. The van der Waals surface area contributed by atoms with Crippen molar-refractivity contribution in [3.05, 3.63) is 54.1 Å². The molecule has 0 bridgehead atoms. The Hall–Kier alpha value is -3.01. The second-order valence-corrected chi connectivity index (χ2v) is 6.91. The lowest BCUT2D eigenvalue weighted by molar-refractivity contribution is -0.0498. The van der Waals surface area contributed by atoms with Crippen molar-refractivity contribution in [1.29, 1.82) is 0 Å². The van der Waals surface area contributed by atoms with Crippen LogP contribution in [0.2, 0.25) is 0 Å². The summed E-state index contributed by atoms with van der Waals surface area (Å²) < 4.78 is 35.4. The number of halogens is 2. The number of tetrazole rings is 1. The van der Waals surface area contributed by atoms with Gasteiger partial charge in [-0.25, -0.2) is 0 Å². The van der Waals surface area contributed by atoms with Crippen molar-refractivity contribution in [2.45, 2.75) is 23.9 Å². The van der Waals surface area contributed by atoms with Gasteiger partial charge < -0.3 is 9.47 Å². The Morgan fingerprint density at radius 1 is 1.07 bits per heavy atom. The van der Waals surface area contributed by atoms with Crippen LogP contribution < -0.4 is 9.47 Å². The largest absolute Gasteiger partial charge is 0.497 e. The average molecular weight is 406 g/mol. The summed E-state index contributed by atoms with van der Waals surface area (Å²) in [6.07, 6.45) is 0. The van der Waals surface area contributed by atoms with Crippen LogP contribution in [0.3, 0.4) is 0 Å². The number of ether oxygens (including phenoxy) is 2. The van der Waals surface area contributed by atoms with Crippen LogP contribution in [0.25, 0.3) is 5.69 Å². The number of carbonyl (C=O) groups is 1. The Labute approximate surface area is 163 Å². The predicted molar refractivity (Wildman–Crippen MR) is 98.4 cm³/mol. The first-order valence-corrected chi connectivity index (χ1v) is 9.04. The summed E-state index contributed by atoms with van der Waals surface area (Å²) in [4.78, 5) is 12.6. The van der Waals surface area contributed by atoms with Gasteiger partial charge in [0.25, 0.3) is 0 Å². The van der Waals surface area contributed by atoms with Crippen molar-refractivity contribution in [2.24, 2.45) is 0 Å². The zero-order valence-corrected chi connectivity index (χ0v) is 15.8. The Morgan fingerprint density at radius 2 is 1.71 bits per heavy atom. The van der Waals surface area contributed by atoms with Gasteiger partial charge in [0, 0.05) is 5.56 Å². The second-order valence-electron chi connectivity index (χ2n) is 5.60. The van der Waals surface area contributed by atoms with Crippen molar-refractivity contribution in [2.75, 3.05) is 7.11 Å². The number of Topliss-reactive ketones (excluding diaryl/α,β-unsaturated/α-hetero) is 1. The summed E-state index contributed by atoms with van der Waals surface area (Å²) >= 11 is 1.19. The van der Waals surface area contributed by atoms with E-state index in [2.05, 4.69) is 20.3 Å². The molecule has 0 unspecified atom stereocenters. The third kappa shape index (κ3) is 4.63. The molecule has 0 fully saturated rings. The minimum absolute atomic E-state index is 0.00435. The quantitative estimate of drug-likeness (QED) is 0.417. The fourth-order valence-electron chi connectivity index (χ4n) is 2.38. The first kappa shape index (κ1) is 19.7. The number of hydrogen-bond donors (Lipinski definition) is 0. The molecule has 0 N–H and O–H groups in total. The highest BCUT2D eigenvalue weighted by Crippen LogP contribution is 2.26. The minimum Gasteiger partial charge on any atom is -0.497 e. The number of hydrogen-bond acceptors (Lipinski definition) is 7. The van der Waals surface area contributed by atoms with E-state index in [1.54, 1.807) is 38.3 Å². The number of thioether (sulfide) groups is 1. The van der Waals surface area contributed by atoms with Gasteiger partial charge in [-0.3, -0.25) is 4.79 Å². The summed E-state index contributed by atoms with van der Waals surface area (Å²) in [5.41, 5.74) is 1.10. The van der Waals surface area contributed by atoms with Crippen molar-refractivity contribution >= 4 is 17.5 Å². The molecular weight excluding hydrogens is 390 g/mol. The van der Waals surface area contributed by atoms with Crippen LogP contribution >= 0.6 is 11.8 Å². The molecule has 1 heterocycles. The van der Waals surface area contributed by atoms with Gasteiger partial charge >= 0.3 is 6.61 Å². The molecule has 1 aromatic heterocycles. The lowest BCUT2D eigenvalue weighted by Gasteiger charge is -2.11. The molecular formula is C18H16F2N4O3S. The van der Waals surface area contributed by atoms with Crippen LogP contribution in [0.5, 0.6) is 11.5 Å². The van der Waals surface area contributed by atoms with E-state index in [1.165, 1.54) is 40.7 Å². The number of alkyl halides is 2. The first-order valence-electron chi connectivity index (χ1n) is 8.16. The molecule has 3 rings (SSSR count). The van der Waals surface area contributed by atoms with E-state index in [4.69, 9.17) is 4.74 Å². The van der Waals surface area contributed by atoms with Crippen LogP contribution in [0, 0.1) is 0 Å². The molecule has 0 amide bonds. The topological polar surface area (TPSA) is 79.1 Å². The maximum Gasteiger partial charge on any atom is 0.387 e. The SMILES string of the molecule is COc1ccc(-n2nnnc2S[C@@H](C)C(=O)c2ccc(OC(F)F)cc2)cc1. The molecule has 28 heavy (non-hydrogen) atoms. The van der Waals surface area contributed by atoms with E-state index in [0.29, 0.717) is 16.5 Å². The lowest BCUT2D eigenvalue weighted by Crippen LogP contribution is -2.15. The standard InChI is InChI=1S/C18H16F2N4O3S/c1-11(16(25)12-3-7-15(8-4-12)27-17(19)20)28-18-21-22-23-24(18)13-5-9-14(26-2)10-6-13/h3-11,17H,1-2H3/t11-/m0/s1. The van der Waals surface area contributed by atoms with E-state index in [-0.39, 0.29) is 11.5 Å². The molecule has 0 aliphatic heterocycles. The van der Waals surface area contributed by atoms with Crippen LogP contribution in [0.1, 0.15) is 17.3 Å². The zero-order valence-electron chi connectivity index (χ0n) is 15.0. The Kier molecular flexibility index (Phi) is 6.19. The van der Waals surface area contributed by atoms with Crippen LogP contribution in [-0.2, 0) is 0 Å². The summed E-state index contributed by atoms with van der Waals surface area (Å²) in [6.45, 7) is -1.18. The van der Waals surface area contributed by atoms with Gasteiger partial charge in [0.1, 0.15) is 11.5 Å². The lowest BCUT2D eigenvalue weighted by atomic mass is 10.1. The highest BCUT2D eigenvalue weighted by atomic mass is 32.2. The highest BCUT2D eigenvalue weighted by Gasteiger charge is 2.21. The van der Waals surface area contributed by atoms with Gasteiger partial charge in [-0.1, -0.05) is 11.8 Å². The zero-order chi connectivity index (χ0) is 20.1. The summed E-state index contributed by atoms with van der Waals surface area (Å²) in [5.74, 6) is 0.516. The minimum atomic E-state index is -2.91. The molecule has 146 valence electrons. The molecule has 1 atom stereocenters. The Bertz CT molecular complexity index is 933. The Balaban J connectivity index is 1.71.